The molecule has 0 heterocycles. The van der Waals surface area contributed by atoms with Crippen molar-refractivity contribution in [2.75, 3.05) is 0 Å². The van der Waals surface area contributed by atoms with Crippen LogP contribution in [0.3, 0.4) is 0 Å². The summed E-state index contributed by atoms with van der Waals surface area (Å²) in [6.45, 7) is 1.49. The minimum Gasteiger partial charge on any atom is -0.457 e. The molecule has 5 aromatic rings. The van der Waals surface area contributed by atoms with Gasteiger partial charge in [0.25, 0.3) is 0 Å². The van der Waals surface area contributed by atoms with Gasteiger partial charge in [-0.15, -0.1) is 0 Å². The van der Waals surface area contributed by atoms with E-state index in [4.69, 9.17) is 9.47 Å². The summed E-state index contributed by atoms with van der Waals surface area (Å²) in [5.41, 5.74) is -3.76. The third kappa shape index (κ3) is 7.06. The van der Waals surface area contributed by atoms with Crippen molar-refractivity contribution in [2.24, 2.45) is 0 Å². The van der Waals surface area contributed by atoms with Gasteiger partial charge in [0.15, 0.2) is 0 Å². The van der Waals surface area contributed by atoms with E-state index in [1.54, 1.807) is 0 Å². The van der Waals surface area contributed by atoms with Gasteiger partial charge in [-0.1, -0.05) is 24.3 Å². The van der Waals surface area contributed by atoms with Gasteiger partial charge in [0, 0.05) is 5.41 Å². The Labute approximate surface area is 281 Å². The standard InChI is InChI=1S/C38H20F6N4O2/c1-36(29-16-30(37(39,40)41)18-31(17-29)38(42,43)44,27-4-10-32(11-5-27)49-34-8-2-23(19-45)25(14-34)21-47)28-6-12-33(13-7-28)50-35-9-3-24(20-46)26(15-35)22-48/h2-18H,1H3. The maximum absolute atomic E-state index is 14.0. The highest BCUT2D eigenvalue weighted by molar-refractivity contribution is 5.55. The van der Waals surface area contributed by atoms with Crippen LogP contribution in [0.4, 0.5) is 26.3 Å². The van der Waals surface area contributed by atoms with Gasteiger partial charge in [0.2, 0.25) is 0 Å². The predicted molar refractivity (Wildman–Crippen MR) is 167 cm³/mol. The lowest BCUT2D eigenvalue weighted by Gasteiger charge is -2.33. The quantitative estimate of drug-likeness (QED) is 0.125. The summed E-state index contributed by atoms with van der Waals surface area (Å²) in [6.07, 6.45) is -10.2. The molecule has 0 bridgehead atoms. The summed E-state index contributed by atoms with van der Waals surface area (Å²) in [7, 11) is 0. The van der Waals surface area contributed by atoms with Crippen molar-refractivity contribution < 1.29 is 35.8 Å². The summed E-state index contributed by atoms with van der Waals surface area (Å²) in [6, 6.07) is 29.4. The largest absolute Gasteiger partial charge is 0.457 e. The molecular formula is C38H20F6N4O2. The molecule has 246 valence electrons. The van der Waals surface area contributed by atoms with Gasteiger partial charge in [-0.05, 0) is 102 Å². The van der Waals surface area contributed by atoms with E-state index in [1.165, 1.54) is 91.9 Å². The lowest BCUT2D eigenvalue weighted by Crippen LogP contribution is -2.27. The van der Waals surface area contributed by atoms with Gasteiger partial charge < -0.3 is 9.47 Å². The van der Waals surface area contributed by atoms with Gasteiger partial charge >= 0.3 is 12.4 Å². The van der Waals surface area contributed by atoms with Crippen LogP contribution in [0.15, 0.2) is 103 Å². The maximum atomic E-state index is 14.0. The van der Waals surface area contributed by atoms with E-state index in [-0.39, 0.29) is 56.9 Å². The van der Waals surface area contributed by atoms with E-state index < -0.39 is 28.9 Å². The van der Waals surface area contributed by atoms with Crippen LogP contribution in [0.25, 0.3) is 0 Å². The Hall–Kier alpha value is -6.76. The maximum Gasteiger partial charge on any atom is 0.416 e. The van der Waals surface area contributed by atoms with Crippen molar-refractivity contribution in [3.63, 3.8) is 0 Å². The molecule has 6 nitrogen and oxygen atoms in total. The summed E-state index contributed by atoms with van der Waals surface area (Å²) in [4.78, 5) is 0. The average Bonchev–Trinajstić information content (AvgIpc) is 3.10. The molecule has 0 spiro atoms. The fourth-order valence-electron chi connectivity index (χ4n) is 5.28. The Balaban J connectivity index is 1.60. The average molecular weight is 679 g/mol. The molecule has 0 aliphatic heterocycles. The first-order valence-electron chi connectivity index (χ1n) is 14.4. The number of nitrogens with zero attached hydrogens (tertiary/aromatic N) is 4. The van der Waals surface area contributed by atoms with Gasteiger partial charge in [-0.3, -0.25) is 0 Å². The number of ether oxygens (including phenoxy) is 2. The van der Waals surface area contributed by atoms with Gasteiger partial charge in [0.1, 0.15) is 47.3 Å². The van der Waals surface area contributed by atoms with Crippen molar-refractivity contribution in [1.82, 2.24) is 0 Å². The molecule has 0 radical (unpaired) electrons. The molecule has 0 saturated carbocycles. The molecule has 0 N–H and O–H groups in total. The fourth-order valence-corrected chi connectivity index (χ4v) is 5.28. The first-order valence-corrected chi connectivity index (χ1v) is 14.4. The molecule has 5 aromatic carbocycles. The molecule has 0 aliphatic rings. The van der Waals surface area contributed by atoms with Crippen LogP contribution in [0.2, 0.25) is 0 Å². The second kappa shape index (κ2) is 13.4. The van der Waals surface area contributed by atoms with Crippen molar-refractivity contribution >= 4 is 0 Å². The highest BCUT2D eigenvalue weighted by atomic mass is 19.4. The topological polar surface area (TPSA) is 114 Å². The number of hydrogen-bond acceptors (Lipinski definition) is 6. The lowest BCUT2D eigenvalue weighted by molar-refractivity contribution is -0.143. The zero-order chi connectivity index (χ0) is 36.3. The molecule has 0 aromatic heterocycles. The Bertz CT molecular complexity index is 2100. The molecule has 50 heavy (non-hydrogen) atoms. The Morgan fingerprint density at radius 3 is 1.04 bits per heavy atom. The van der Waals surface area contributed by atoms with Crippen LogP contribution in [0, 0.1) is 45.3 Å². The molecule has 12 heteroatoms. The summed E-state index contributed by atoms with van der Waals surface area (Å²) < 4.78 is 95.5. The normalized spacial score (nSPS) is 11.4. The Morgan fingerprint density at radius 1 is 0.400 bits per heavy atom. The Morgan fingerprint density at radius 2 is 0.720 bits per heavy atom. The lowest BCUT2D eigenvalue weighted by atomic mass is 9.70. The van der Waals surface area contributed by atoms with E-state index in [1.807, 2.05) is 24.3 Å². The van der Waals surface area contributed by atoms with E-state index in [9.17, 15) is 47.4 Å². The van der Waals surface area contributed by atoms with Crippen molar-refractivity contribution in [3.8, 4) is 47.3 Å². The number of nitriles is 4. The third-order valence-electron chi connectivity index (χ3n) is 7.96. The highest BCUT2D eigenvalue weighted by Crippen LogP contribution is 2.45. The number of hydrogen-bond donors (Lipinski definition) is 0. The van der Waals surface area contributed by atoms with Crippen LogP contribution in [-0.4, -0.2) is 0 Å². The zero-order valence-corrected chi connectivity index (χ0v) is 25.7. The predicted octanol–water partition coefficient (Wildman–Crippen LogP) is 10.1. The van der Waals surface area contributed by atoms with Crippen LogP contribution in [0.5, 0.6) is 23.0 Å². The van der Waals surface area contributed by atoms with Crippen molar-refractivity contribution in [1.29, 1.82) is 21.0 Å². The van der Waals surface area contributed by atoms with Crippen LogP contribution >= 0.6 is 0 Å². The highest BCUT2D eigenvalue weighted by Gasteiger charge is 2.40. The monoisotopic (exact) mass is 678 g/mol. The Kier molecular flexibility index (Phi) is 9.26. The van der Waals surface area contributed by atoms with E-state index in [0.29, 0.717) is 23.3 Å². The summed E-state index contributed by atoms with van der Waals surface area (Å²) >= 11 is 0. The van der Waals surface area contributed by atoms with Gasteiger partial charge in [0.05, 0.1) is 33.4 Å². The van der Waals surface area contributed by atoms with Crippen LogP contribution in [-0.2, 0) is 17.8 Å². The van der Waals surface area contributed by atoms with Crippen LogP contribution < -0.4 is 9.47 Å². The minimum absolute atomic E-state index is 0.0674. The minimum atomic E-state index is -5.08. The molecular weight excluding hydrogens is 658 g/mol. The first kappa shape index (κ1) is 34.6. The number of benzene rings is 5. The van der Waals surface area contributed by atoms with Gasteiger partial charge in [-0.25, -0.2) is 0 Å². The van der Waals surface area contributed by atoms with E-state index >= 15 is 0 Å². The zero-order valence-electron chi connectivity index (χ0n) is 25.7. The van der Waals surface area contributed by atoms with Gasteiger partial charge in [-0.2, -0.15) is 47.4 Å². The van der Waals surface area contributed by atoms with E-state index in [0.717, 1.165) is 0 Å². The van der Waals surface area contributed by atoms with E-state index in [2.05, 4.69) is 0 Å². The van der Waals surface area contributed by atoms with Crippen molar-refractivity contribution in [2.45, 2.75) is 24.7 Å². The third-order valence-corrected chi connectivity index (χ3v) is 7.96. The second-order valence-electron chi connectivity index (χ2n) is 11.0. The fraction of sp³-hybridized carbons (Fsp3) is 0.105. The smallest absolute Gasteiger partial charge is 0.416 e. The number of alkyl halides is 6. The van der Waals surface area contributed by atoms with Crippen molar-refractivity contribution in [3.05, 3.63) is 153 Å². The second-order valence-corrected chi connectivity index (χ2v) is 11.0. The molecule has 0 aliphatic carbocycles. The first-order chi connectivity index (χ1) is 23.7. The number of rotatable bonds is 7. The molecule has 0 fully saturated rings. The van der Waals surface area contributed by atoms with Crippen LogP contribution in [0.1, 0.15) is 57.0 Å². The summed E-state index contributed by atoms with van der Waals surface area (Å²) in [5.74, 6) is 0.937. The molecule has 5 rings (SSSR count). The summed E-state index contributed by atoms with van der Waals surface area (Å²) in [5, 5.41) is 37.0. The molecule has 0 saturated heterocycles. The molecule has 0 unspecified atom stereocenters. The molecule has 0 amide bonds. The number of halogens is 6. The molecule has 0 atom stereocenters. The SMILES string of the molecule is CC(c1ccc(Oc2ccc(C#N)c(C#N)c2)cc1)(c1ccc(Oc2ccc(C#N)c(C#N)c2)cc1)c1cc(C(F)(F)F)cc(C(F)(F)F)c1.